The number of hydrogen-bond acceptors (Lipinski definition) is 3. The zero-order valence-corrected chi connectivity index (χ0v) is 10.6. The third-order valence-electron chi connectivity index (χ3n) is 4.77. The number of benzene rings is 1. The molecule has 100 valence electrons. The summed E-state index contributed by atoms with van der Waals surface area (Å²) in [7, 11) is 0. The third-order valence-corrected chi connectivity index (χ3v) is 4.77. The quantitative estimate of drug-likeness (QED) is 0.827. The number of hydrogen-bond donors (Lipinski definition) is 1. The summed E-state index contributed by atoms with van der Waals surface area (Å²) < 4.78 is 5.84. The van der Waals surface area contributed by atoms with E-state index in [0.717, 1.165) is 12.0 Å². The first-order chi connectivity index (χ1) is 9.25. The maximum Gasteiger partial charge on any atom is 0.228 e. The van der Waals surface area contributed by atoms with Crippen molar-refractivity contribution in [1.82, 2.24) is 4.90 Å². The van der Waals surface area contributed by atoms with Gasteiger partial charge < -0.3 is 14.7 Å². The molecule has 4 rings (SSSR count). The molecule has 4 heteroatoms. The van der Waals surface area contributed by atoms with Crippen LogP contribution in [0.5, 0.6) is 0 Å². The van der Waals surface area contributed by atoms with E-state index in [4.69, 9.17) is 4.74 Å². The zero-order chi connectivity index (χ0) is 13.0. The predicted octanol–water partition coefficient (Wildman–Crippen LogP) is 1.31. The number of carbonyl (C=O) groups is 1. The van der Waals surface area contributed by atoms with E-state index in [0.29, 0.717) is 13.0 Å². The first kappa shape index (κ1) is 11.4. The SMILES string of the molecule is O=C1[C@@H]2CC(O)C[C@@H]2C2COC(c3ccccc3)N12. The minimum absolute atomic E-state index is 0.00936. The molecule has 1 aromatic rings. The molecule has 2 heterocycles. The number of aliphatic hydroxyl groups is 1. The smallest absolute Gasteiger partial charge is 0.228 e. The molecule has 0 bridgehead atoms. The highest BCUT2D eigenvalue weighted by Crippen LogP contribution is 2.49. The van der Waals surface area contributed by atoms with Crippen LogP contribution in [0.3, 0.4) is 0 Å². The molecule has 1 amide bonds. The minimum Gasteiger partial charge on any atom is -0.393 e. The molecule has 3 fully saturated rings. The lowest BCUT2D eigenvalue weighted by molar-refractivity contribution is -0.137. The topological polar surface area (TPSA) is 49.8 Å². The molecular weight excluding hydrogens is 242 g/mol. The lowest BCUT2D eigenvalue weighted by atomic mass is 9.94. The van der Waals surface area contributed by atoms with Crippen LogP contribution in [-0.2, 0) is 9.53 Å². The highest BCUT2D eigenvalue weighted by atomic mass is 16.5. The predicted molar refractivity (Wildman–Crippen MR) is 68.0 cm³/mol. The summed E-state index contributed by atoms with van der Waals surface area (Å²) in [4.78, 5) is 14.4. The normalized spacial score (nSPS) is 40.6. The summed E-state index contributed by atoms with van der Waals surface area (Å²) in [5.41, 5.74) is 1.04. The van der Waals surface area contributed by atoms with Crippen molar-refractivity contribution >= 4 is 5.91 Å². The Labute approximate surface area is 112 Å². The molecule has 2 saturated heterocycles. The summed E-state index contributed by atoms with van der Waals surface area (Å²) in [6.45, 7) is 0.596. The van der Waals surface area contributed by atoms with E-state index in [1.807, 2.05) is 35.2 Å². The lowest BCUT2D eigenvalue weighted by Crippen LogP contribution is -2.34. The second-order valence-corrected chi connectivity index (χ2v) is 5.80. The standard InChI is InChI=1S/C15H17NO3/c17-10-6-11-12(7-10)14(18)16-13(11)8-19-15(16)9-4-2-1-3-5-9/h1-5,10-13,15,17H,6-8H2/t10?,11-,12+,13?,15?/m0/s1. The molecule has 1 aliphatic carbocycles. The molecule has 1 aromatic carbocycles. The van der Waals surface area contributed by atoms with Crippen LogP contribution >= 0.6 is 0 Å². The van der Waals surface area contributed by atoms with E-state index in [1.165, 1.54) is 0 Å². The Bertz CT molecular complexity index is 503. The zero-order valence-electron chi connectivity index (χ0n) is 10.6. The van der Waals surface area contributed by atoms with Gasteiger partial charge in [0.25, 0.3) is 0 Å². The average molecular weight is 259 g/mol. The first-order valence-electron chi connectivity index (χ1n) is 6.92. The van der Waals surface area contributed by atoms with E-state index in [1.54, 1.807) is 0 Å². The number of carbonyl (C=O) groups excluding carboxylic acids is 1. The summed E-state index contributed by atoms with van der Waals surface area (Å²) in [5.74, 6) is 0.448. The monoisotopic (exact) mass is 259 g/mol. The average Bonchev–Trinajstić information content (AvgIpc) is 3.06. The molecule has 0 aromatic heterocycles. The van der Waals surface area contributed by atoms with Gasteiger partial charge in [0.15, 0.2) is 6.23 Å². The van der Waals surface area contributed by atoms with E-state index in [9.17, 15) is 9.90 Å². The Hall–Kier alpha value is -1.39. The Morgan fingerprint density at radius 3 is 2.79 bits per heavy atom. The Morgan fingerprint density at radius 2 is 2.00 bits per heavy atom. The van der Waals surface area contributed by atoms with Crippen molar-refractivity contribution in [3.63, 3.8) is 0 Å². The van der Waals surface area contributed by atoms with E-state index in [2.05, 4.69) is 0 Å². The van der Waals surface area contributed by atoms with Gasteiger partial charge in [-0.3, -0.25) is 4.79 Å². The van der Waals surface area contributed by atoms with Gasteiger partial charge in [0.1, 0.15) is 0 Å². The van der Waals surface area contributed by atoms with E-state index >= 15 is 0 Å². The van der Waals surface area contributed by atoms with Crippen LogP contribution in [0.4, 0.5) is 0 Å². The van der Waals surface area contributed by atoms with Gasteiger partial charge in [-0.15, -0.1) is 0 Å². The molecule has 0 spiro atoms. The summed E-state index contributed by atoms with van der Waals surface area (Å²) in [6.07, 6.45) is 0.818. The number of nitrogens with zero attached hydrogens (tertiary/aromatic N) is 1. The van der Waals surface area contributed by atoms with Crippen LogP contribution in [0.1, 0.15) is 24.6 Å². The summed E-state index contributed by atoms with van der Waals surface area (Å²) >= 11 is 0. The number of fused-ring (bicyclic) bond motifs is 3. The first-order valence-corrected chi connectivity index (χ1v) is 6.92. The molecule has 1 saturated carbocycles. The largest absolute Gasteiger partial charge is 0.393 e. The minimum atomic E-state index is -0.308. The number of ether oxygens (including phenoxy) is 1. The van der Waals surface area contributed by atoms with Gasteiger partial charge in [0, 0.05) is 11.5 Å². The molecule has 19 heavy (non-hydrogen) atoms. The van der Waals surface area contributed by atoms with Gasteiger partial charge in [-0.1, -0.05) is 30.3 Å². The fraction of sp³-hybridized carbons (Fsp3) is 0.533. The van der Waals surface area contributed by atoms with Crippen LogP contribution in [0.15, 0.2) is 30.3 Å². The van der Waals surface area contributed by atoms with E-state index in [-0.39, 0.29) is 36.1 Å². The van der Waals surface area contributed by atoms with Crippen molar-refractivity contribution in [2.45, 2.75) is 31.2 Å². The van der Waals surface area contributed by atoms with Gasteiger partial charge >= 0.3 is 0 Å². The van der Waals surface area contributed by atoms with Crippen molar-refractivity contribution in [3.8, 4) is 0 Å². The highest BCUT2D eigenvalue weighted by Gasteiger charge is 2.57. The lowest BCUT2D eigenvalue weighted by Gasteiger charge is -2.24. The van der Waals surface area contributed by atoms with Gasteiger partial charge in [0.2, 0.25) is 5.91 Å². The molecule has 4 nitrogen and oxygen atoms in total. The van der Waals surface area contributed by atoms with Crippen molar-refractivity contribution in [2.75, 3.05) is 6.61 Å². The highest BCUT2D eigenvalue weighted by molar-refractivity contribution is 5.83. The van der Waals surface area contributed by atoms with Crippen molar-refractivity contribution in [2.24, 2.45) is 11.8 Å². The van der Waals surface area contributed by atoms with Crippen LogP contribution in [-0.4, -0.2) is 34.7 Å². The fourth-order valence-corrected chi connectivity index (χ4v) is 3.95. The van der Waals surface area contributed by atoms with Gasteiger partial charge in [-0.05, 0) is 18.8 Å². The molecule has 2 aliphatic heterocycles. The van der Waals surface area contributed by atoms with Gasteiger partial charge in [-0.25, -0.2) is 0 Å². The van der Waals surface area contributed by atoms with Gasteiger partial charge in [0.05, 0.1) is 18.8 Å². The molecule has 3 aliphatic rings. The Morgan fingerprint density at radius 1 is 1.21 bits per heavy atom. The maximum atomic E-state index is 12.5. The van der Waals surface area contributed by atoms with Gasteiger partial charge in [-0.2, -0.15) is 0 Å². The van der Waals surface area contributed by atoms with Crippen molar-refractivity contribution in [3.05, 3.63) is 35.9 Å². The Balaban J connectivity index is 1.65. The van der Waals surface area contributed by atoms with Crippen LogP contribution in [0.2, 0.25) is 0 Å². The number of amides is 1. The molecule has 5 atom stereocenters. The summed E-state index contributed by atoms with van der Waals surface area (Å²) in [5, 5.41) is 9.74. The number of rotatable bonds is 1. The summed E-state index contributed by atoms with van der Waals surface area (Å²) in [6, 6.07) is 10.1. The number of aliphatic hydroxyl groups excluding tert-OH is 1. The van der Waals surface area contributed by atoms with E-state index < -0.39 is 0 Å². The van der Waals surface area contributed by atoms with Crippen LogP contribution in [0, 0.1) is 11.8 Å². The third kappa shape index (κ3) is 1.56. The van der Waals surface area contributed by atoms with Crippen LogP contribution < -0.4 is 0 Å². The van der Waals surface area contributed by atoms with Crippen molar-refractivity contribution < 1.29 is 14.6 Å². The second kappa shape index (κ2) is 4.05. The molecule has 0 radical (unpaired) electrons. The van der Waals surface area contributed by atoms with Crippen molar-refractivity contribution in [1.29, 1.82) is 0 Å². The fourth-order valence-electron chi connectivity index (χ4n) is 3.95. The molecule has 1 N–H and O–H groups in total. The molecular formula is C15H17NO3. The second-order valence-electron chi connectivity index (χ2n) is 5.80. The maximum absolute atomic E-state index is 12.5. The molecule has 3 unspecified atom stereocenters. The Kier molecular flexibility index (Phi) is 2.44. The van der Waals surface area contributed by atoms with Crippen LogP contribution in [0.25, 0.3) is 0 Å².